The maximum Gasteiger partial charge on any atom is 0.148 e. The van der Waals surface area contributed by atoms with E-state index in [-0.39, 0.29) is 37.8 Å². The summed E-state index contributed by atoms with van der Waals surface area (Å²) < 4.78 is 61.0. The quantitative estimate of drug-likeness (QED) is 0.147. The molecule has 0 fully saturated rings. The van der Waals surface area contributed by atoms with Crippen molar-refractivity contribution >= 4 is 11.0 Å². The molecule has 0 aliphatic heterocycles. The van der Waals surface area contributed by atoms with Gasteiger partial charge in [0, 0.05) is 53.7 Å². The fourth-order valence-electron chi connectivity index (χ4n) is 8.73. The molecule has 0 aliphatic carbocycles. The topological polar surface area (TPSA) is 50.9 Å². The Kier molecular flexibility index (Phi) is 10.8. The first-order chi connectivity index (χ1) is 34.3. The van der Waals surface area contributed by atoms with Gasteiger partial charge >= 0.3 is 0 Å². The van der Waals surface area contributed by atoms with E-state index in [2.05, 4.69) is 84.0 Å². The average molecular weight is 1070 g/mol. The largest absolute Gasteiger partial charge is 0.507 e. The van der Waals surface area contributed by atoms with Gasteiger partial charge in [-0.2, -0.15) is 0 Å². The molecule has 0 unspecified atom stereocenters. The van der Waals surface area contributed by atoms with Gasteiger partial charge in [-0.15, -0.1) is 23.8 Å². The van der Waals surface area contributed by atoms with E-state index in [9.17, 15) is 5.11 Å². The van der Waals surface area contributed by atoms with Crippen LogP contribution in [0.4, 0.5) is 0 Å². The summed E-state index contributed by atoms with van der Waals surface area (Å²) in [6, 6.07) is 55.0. The number of fused-ring (bicyclic) bond motifs is 1. The minimum absolute atomic E-state index is 0. The molecule has 0 aliphatic rings. The first-order valence-corrected chi connectivity index (χ1v) is 22.6. The Hall–Kier alpha value is -6.35. The van der Waals surface area contributed by atoms with Gasteiger partial charge in [0.2, 0.25) is 0 Å². The predicted molar refractivity (Wildman–Crippen MR) is 278 cm³/mol. The van der Waals surface area contributed by atoms with Crippen molar-refractivity contribution in [2.75, 3.05) is 0 Å². The number of hydrogen-bond acceptors (Lipinski definition) is 3. The summed E-state index contributed by atoms with van der Waals surface area (Å²) in [5.74, 6) is -1.94. The number of para-hydroxylation sites is 1. The third-order valence-electron chi connectivity index (χ3n) is 12.5. The van der Waals surface area contributed by atoms with E-state index < -0.39 is 30.9 Å². The van der Waals surface area contributed by atoms with Crippen LogP contribution in [-0.2, 0) is 31.9 Å². The van der Waals surface area contributed by atoms with Crippen LogP contribution in [0.25, 0.3) is 83.9 Å². The number of rotatable bonds is 9. The van der Waals surface area contributed by atoms with Gasteiger partial charge in [-0.1, -0.05) is 201 Å². The van der Waals surface area contributed by atoms with Crippen molar-refractivity contribution < 1.29 is 35.8 Å². The molecule has 5 heteroatoms. The van der Waals surface area contributed by atoms with Gasteiger partial charge in [-0.25, -0.2) is 4.98 Å². The SMILES string of the molecule is [2H]C(C)(C)c1ccc(-c2ccnc(-c3[c-]c(-c4cccc5c4nc(-c4cc(C(C)(C)C)cc(C(C)(C)C)c4O)n5-c4ccc(C(C([2H])([2H])[2H])C([2H])([2H])[2H])cc4-c4ccccc4)cc(-c4ccccc4)c3)c2)cc1.[Pt]. The molecule has 0 saturated heterocycles. The van der Waals surface area contributed by atoms with Crippen LogP contribution in [-0.4, -0.2) is 19.6 Å². The summed E-state index contributed by atoms with van der Waals surface area (Å²) in [6.07, 6.45) is 1.81. The van der Waals surface area contributed by atoms with Gasteiger partial charge in [0.15, 0.2) is 0 Å². The summed E-state index contributed by atoms with van der Waals surface area (Å²) in [5.41, 5.74) is 12.8. The fraction of sp³-hybridized carbons (Fsp3) is 0.226. The van der Waals surface area contributed by atoms with Crippen molar-refractivity contribution in [3.8, 4) is 78.6 Å². The Bertz CT molecular complexity index is 3480. The minimum Gasteiger partial charge on any atom is -0.507 e. The van der Waals surface area contributed by atoms with Crippen LogP contribution in [0, 0.1) is 6.07 Å². The van der Waals surface area contributed by atoms with Gasteiger partial charge in [-0.05, 0) is 91.9 Å². The standard InChI is InChI=1S/C62H60N3O.Pt/c1-39(2)41-24-26-43(27-25-41)46-30-31-63-55(36-46)49-33-47(42-18-13-11-14-19-42)32-48(34-49)51-22-17-23-57-58(51)64-60(53-37-50(61(5,6)7)38-54(59(53)66)62(8,9)10)65(57)56-29-28-45(40(3)4)35-52(56)44-20-15-12-16-21-44;/h11-33,35-40,66H,1-10H3;/q-1;/i3D3,4D3,39D;. The molecule has 1 N–H and O–H groups in total. The van der Waals surface area contributed by atoms with Crippen molar-refractivity contribution in [2.24, 2.45) is 0 Å². The van der Waals surface area contributed by atoms with Crippen molar-refractivity contribution in [2.45, 2.75) is 91.7 Å². The smallest absolute Gasteiger partial charge is 0.148 e. The first-order valence-electron chi connectivity index (χ1n) is 26.1. The molecular weight excluding hydrogens is 998 g/mol. The molecule has 0 saturated carbocycles. The van der Waals surface area contributed by atoms with Gasteiger partial charge in [-0.3, -0.25) is 9.55 Å². The van der Waals surface area contributed by atoms with Crippen LogP contribution in [0.2, 0.25) is 0 Å². The molecule has 0 bridgehead atoms. The van der Waals surface area contributed by atoms with Crippen molar-refractivity contribution in [1.82, 2.24) is 14.5 Å². The van der Waals surface area contributed by atoms with Crippen LogP contribution in [0.1, 0.15) is 113 Å². The molecule has 0 atom stereocenters. The number of imidazole rings is 1. The number of benzene rings is 7. The third kappa shape index (κ3) is 9.47. The number of aromatic nitrogens is 3. The molecule has 9 aromatic rings. The zero-order valence-electron chi connectivity index (χ0n) is 46.3. The molecule has 0 amide bonds. The van der Waals surface area contributed by atoms with Gasteiger partial charge in [0.25, 0.3) is 0 Å². The first kappa shape index (κ1) is 38.7. The molecule has 7 aromatic carbocycles. The van der Waals surface area contributed by atoms with E-state index in [1.165, 1.54) is 0 Å². The predicted octanol–water partition coefficient (Wildman–Crippen LogP) is 16.8. The van der Waals surface area contributed by atoms with Gasteiger partial charge in [0.1, 0.15) is 11.6 Å². The number of pyridine rings is 1. The molecule has 340 valence electrons. The van der Waals surface area contributed by atoms with Crippen LogP contribution in [0.3, 0.4) is 0 Å². The molecule has 0 spiro atoms. The second-order valence-electron chi connectivity index (χ2n) is 19.5. The molecule has 0 radical (unpaired) electrons. The Morgan fingerprint density at radius 1 is 0.597 bits per heavy atom. The van der Waals surface area contributed by atoms with Crippen molar-refractivity contribution in [1.29, 1.82) is 0 Å². The Morgan fingerprint density at radius 3 is 1.91 bits per heavy atom. The van der Waals surface area contributed by atoms with Crippen LogP contribution in [0.5, 0.6) is 5.75 Å². The van der Waals surface area contributed by atoms with E-state index in [0.717, 1.165) is 66.9 Å². The number of hydrogen-bond donors (Lipinski definition) is 1. The van der Waals surface area contributed by atoms with E-state index in [1.807, 2.05) is 128 Å². The van der Waals surface area contributed by atoms with Crippen LogP contribution in [0.15, 0.2) is 164 Å². The summed E-state index contributed by atoms with van der Waals surface area (Å²) in [4.78, 5) is 10.5. The molecule has 2 aromatic heterocycles. The molecule has 4 nitrogen and oxygen atoms in total. The maximum atomic E-state index is 12.6. The third-order valence-corrected chi connectivity index (χ3v) is 12.5. The number of phenolic OH excluding ortho intramolecular Hbond substituents is 1. The van der Waals surface area contributed by atoms with Crippen molar-refractivity contribution in [3.05, 3.63) is 192 Å². The Balaban J connectivity index is 0.00000729. The Labute approximate surface area is 421 Å². The average Bonchev–Trinajstić information content (AvgIpc) is 3.72. The number of phenols is 1. The number of nitrogens with zero attached hydrogens (tertiary/aromatic N) is 3. The molecule has 67 heavy (non-hydrogen) atoms. The maximum absolute atomic E-state index is 12.6. The van der Waals surface area contributed by atoms with Crippen molar-refractivity contribution in [3.63, 3.8) is 0 Å². The molecule has 9 rings (SSSR count). The zero-order valence-corrected chi connectivity index (χ0v) is 41.5. The summed E-state index contributed by atoms with van der Waals surface area (Å²) in [5, 5.41) is 12.6. The summed E-state index contributed by atoms with van der Waals surface area (Å²) in [6.45, 7) is 10.8. The van der Waals surface area contributed by atoms with E-state index >= 15 is 0 Å². The second kappa shape index (κ2) is 18.7. The van der Waals surface area contributed by atoms with E-state index in [1.54, 1.807) is 18.2 Å². The number of aromatic hydroxyl groups is 1. The summed E-state index contributed by atoms with van der Waals surface area (Å²) >= 11 is 0. The minimum atomic E-state index is -2.82. The van der Waals surface area contributed by atoms with E-state index in [0.29, 0.717) is 33.7 Å². The van der Waals surface area contributed by atoms with Gasteiger partial charge < -0.3 is 5.11 Å². The monoisotopic (exact) mass is 1060 g/mol. The molecule has 2 heterocycles. The van der Waals surface area contributed by atoms with Crippen LogP contribution < -0.4 is 0 Å². The zero-order chi connectivity index (χ0) is 52.4. The van der Waals surface area contributed by atoms with Gasteiger partial charge in [0.05, 0.1) is 22.3 Å². The van der Waals surface area contributed by atoms with E-state index in [4.69, 9.17) is 19.6 Å². The second-order valence-corrected chi connectivity index (χ2v) is 19.5. The summed E-state index contributed by atoms with van der Waals surface area (Å²) in [7, 11) is 0. The van der Waals surface area contributed by atoms with Crippen LogP contribution >= 0.6 is 0 Å². The molecular formula is C62H60N3OPt-. The Morgan fingerprint density at radius 2 is 1.25 bits per heavy atom. The normalized spacial score (nSPS) is 14.0. The fourth-order valence-corrected chi connectivity index (χ4v) is 8.73.